The molecule has 0 saturated carbocycles. The molecule has 0 atom stereocenters. The fraction of sp³-hybridized carbons (Fsp3) is 0.276. The van der Waals surface area contributed by atoms with E-state index in [1.165, 1.54) is 5.57 Å². The van der Waals surface area contributed by atoms with Gasteiger partial charge in [-0.1, -0.05) is 55.4 Å². The number of fused-ring (bicyclic) bond motifs is 1. The van der Waals surface area contributed by atoms with Crippen LogP contribution < -0.4 is 10.3 Å². The minimum Gasteiger partial charge on any atom is -0.496 e. The Bertz CT molecular complexity index is 1560. The fourth-order valence-electron chi connectivity index (χ4n) is 4.68. The number of aromatic nitrogens is 5. The summed E-state index contributed by atoms with van der Waals surface area (Å²) in [6.45, 7) is 12.8. The SMILES string of the molecule is C=C(/C=C(C)\C=C(\C)CCC)c1c(-c2cccc(OC)c2C)cn2nc(-c3nccn3C)[nH]c(=O)c12. The van der Waals surface area contributed by atoms with E-state index in [0.29, 0.717) is 17.2 Å². The van der Waals surface area contributed by atoms with Crippen LogP contribution in [0.25, 0.3) is 33.9 Å². The molecule has 0 unspecified atom stereocenters. The lowest BCUT2D eigenvalue weighted by Crippen LogP contribution is -2.15. The van der Waals surface area contributed by atoms with Gasteiger partial charge in [0.15, 0.2) is 11.6 Å². The predicted molar refractivity (Wildman–Crippen MR) is 146 cm³/mol. The van der Waals surface area contributed by atoms with Gasteiger partial charge in [-0.05, 0) is 50.0 Å². The molecule has 0 radical (unpaired) electrons. The zero-order chi connectivity index (χ0) is 26.0. The monoisotopic (exact) mass is 483 g/mol. The van der Waals surface area contributed by atoms with Crippen molar-refractivity contribution in [1.82, 2.24) is 24.1 Å². The van der Waals surface area contributed by atoms with Crippen LogP contribution in [0.5, 0.6) is 5.75 Å². The Labute approximate surface area is 211 Å². The Morgan fingerprint density at radius 1 is 1.22 bits per heavy atom. The predicted octanol–water partition coefficient (Wildman–Crippen LogP) is 6.11. The molecule has 3 aromatic heterocycles. The van der Waals surface area contributed by atoms with Crippen molar-refractivity contribution in [2.75, 3.05) is 7.11 Å². The standard InChI is InChI=1S/C29H33N5O2/c1-8-10-18(2)15-19(3)16-20(4)25-23(22-11-9-12-24(36-7)21(22)5)17-34-26(25)29(35)31-27(32-34)28-30-13-14-33(28)6/h9,11-17H,4,8,10H2,1-3,5-7H3,(H,31,32,35)/b18-15-,19-16-. The van der Waals surface area contributed by atoms with E-state index in [-0.39, 0.29) is 5.56 Å². The Morgan fingerprint density at radius 3 is 2.67 bits per heavy atom. The molecule has 36 heavy (non-hydrogen) atoms. The van der Waals surface area contributed by atoms with Crippen molar-refractivity contribution in [3.63, 3.8) is 0 Å². The van der Waals surface area contributed by atoms with Crippen LogP contribution in [0.3, 0.4) is 0 Å². The molecule has 7 heteroatoms. The highest BCUT2D eigenvalue weighted by atomic mass is 16.5. The minimum absolute atomic E-state index is 0.255. The van der Waals surface area contributed by atoms with Crippen LogP contribution in [0.1, 0.15) is 44.7 Å². The molecular weight excluding hydrogens is 450 g/mol. The van der Waals surface area contributed by atoms with Gasteiger partial charge >= 0.3 is 0 Å². The van der Waals surface area contributed by atoms with Crippen molar-refractivity contribution in [2.24, 2.45) is 7.05 Å². The van der Waals surface area contributed by atoms with Crippen LogP contribution >= 0.6 is 0 Å². The van der Waals surface area contributed by atoms with Gasteiger partial charge in [0.1, 0.15) is 11.3 Å². The molecule has 0 saturated heterocycles. The summed E-state index contributed by atoms with van der Waals surface area (Å²) >= 11 is 0. The van der Waals surface area contributed by atoms with Gasteiger partial charge in [0.05, 0.1) is 7.11 Å². The lowest BCUT2D eigenvalue weighted by atomic mass is 9.94. The number of aromatic amines is 1. The van der Waals surface area contributed by atoms with Gasteiger partial charge in [0.25, 0.3) is 5.56 Å². The largest absolute Gasteiger partial charge is 0.496 e. The number of nitrogens with one attached hydrogen (secondary N) is 1. The second-order valence-corrected chi connectivity index (χ2v) is 9.16. The number of ether oxygens (including phenoxy) is 1. The Hall–Kier alpha value is -4.13. The smallest absolute Gasteiger partial charge is 0.276 e. The van der Waals surface area contributed by atoms with Gasteiger partial charge in [0, 0.05) is 36.8 Å². The van der Waals surface area contributed by atoms with Gasteiger partial charge < -0.3 is 14.3 Å². The van der Waals surface area contributed by atoms with Gasteiger partial charge in [0.2, 0.25) is 0 Å². The van der Waals surface area contributed by atoms with Gasteiger partial charge in [-0.3, -0.25) is 4.79 Å². The van der Waals surface area contributed by atoms with Crippen LogP contribution in [0.4, 0.5) is 0 Å². The quantitative estimate of drug-likeness (QED) is 0.307. The van der Waals surface area contributed by atoms with Crippen molar-refractivity contribution in [2.45, 2.75) is 40.5 Å². The average molecular weight is 484 g/mol. The average Bonchev–Trinajstić information content (AvgIpc) is 3.43. The normalized spacial score (nSPS) is 12.4. The minimum atomic E-state index is -0.255. The van der Waals surface area contributed by atoms with E-state index < -0.39 is 0 Å². The molecule has 0 aliphatic heterocycles. The first-order valence-electron chi connectivity index (χ1n) is 12.1. The third-order valence-corrected chi connectivity index (χ3v) is 6.31. The second kappa shape index (κ2) is 10.2. The second-order valence-electron chi connectivity index (χ2n) is 9.16. The van der Waals surface area contributed by atoms with Crippen molar-refractivity contribution in [3.05, 3.63) is 88.1 Å². The molecule has 0 bridgehead atoms. The van der Waals surface area contributed by atoms with Crippen molar-refractivity contribution in [3.8, 4) is 28.5 Å². The zero-order valence-corrected chi connectivity index (χ0v) is 21.8. The third-order valence-electron chi connectivity index (χ3n) is 6.31. The van der Waals surface area contributed by atoms with Gasteiger partial charge in [-0.2, -0.15) is 0 Å². The Kier molecular flexibility index (Phi) is 7.10. The van der Waals surface area contributed by atoms with Crippen LogP contribution in [0, 0.1) is 6.92 Å². The maximum atomic E-state index is 13.5. The lowest BCUT2D eigenvalue weighted by molar-refractivity contribution is 0.412. The maximum absolute atomic E-state index is 13.5. The fourth-order valence-corrected chi connectivity index (χ4v) is 4.68. The van der Waals surface area contributed by atoms with Crippen LogP contribution in [-0.4, -0.2) is 31.3 Å². The topological polar surface area (TPSA) is 77.2 Å². The zero-order valence-electron chi connectivity index (χ0n) is 21.8. The Balaban J connectivity index is 1.98. The van der Waals surface area contributed by atoms with E-state index in [1.54, 1.807) is 17.8 Å². The first kappa shape index (κ1) is 25.0. The van der Waals surface area contributed by atoms with E-state index >= 15 is 0 Å². The van der Waals surface area contributed by atoms with E-state index in [2.05, 4.69) is 43.4 Å². The van der Waals surface area contributed by atoms with Crippen LogP contribution in [-0.2, 0) is 7.05 Å². The van der Waals surface area contributed by atoms with Crippen LogP contribution in [0.15, 0.2) is 71.5 Å². The molecule has 0 aliphatic carbocycles. The summed E-state index contributed by atoms with van der Waals surface area (Å²) in [4.78, 5) is 20.7. The molecule has 0 fully saturated rings. The molecule has 3 heterocycles. The van der Waals surface area contributed by atoms with E-state index in [1.807, 2.05) is 55.2 Å². The summed E-state index contributed by atoms with van der Waals surface area (Å²) in [5, 5.41) is 4.73. The molecule has 4 aromatic rings. The maximum Gasteiger partial charge on any atom is 0.276 e. The number of H-pyrrole nitrogens is 1. The van der Waals surface area contributed by atoms with Crippen LogP contribution in [0.2, 0.25) is 0 Å². The van der Waals surface area contributed by atoms with Crippen molar-refractivity contribution in [1.29, 1.82) is 0 Å². The highest BCUT2D eigenvalue weighted by molar-refractivity contribution is 5.94. The first-order valence-corrected chi connectivity index (χ1v) is 12.1. The van der Waals surface area contributed by atoms with E-state index in [9.17, 15) is 4.79 Å². The lowest BCUT2D eigenvalue weighted by Gasteiger charge is -2.12. The number of methoxy groups -OCH3 is 1. The van der Waals surface area contributed by atoms with Gasteiger partial charge in [-0.15, -0.1) is 5.10 Å². The molecule has 0 spiro atoms. The molecule has 0 amide bonds. The number of hydrogen-bond acceptors (Lipinski definition) is 4. The molecule has 1 N–H and O–H groups in total. The summed E-state index contributed by atoms with van der Waals surface area (Å²) in [6, 6.07) is 5.91. The summed E-state index contributed by atoms with van der Waals surface area (Å²) in [5.74, 6) is 1.75. The molecule has 4 rings (SSSR count). The number of nitrogens with zero attached hydrogens (tertiary/aromatic N) is 4. The summed E-state index contributed by atoms with van der Waals surface area (Å²) in [5.41, 5.74) is 6.85. The molecular formula is C29H33N5O2. The molecule has 1 aromatic carbocycles. The third kappa shape index (κ3) is 4.69. The number of allylic oxidation sites excluding steroid dienone is 5. The van der Waals surface area contributed by atoms with E-state index in [4.69, 9.17) is 9.84 Å². The van der Waals surface area contributed by atoms with Crippen molar-refractivity contribution < 1.29 is 4.74 Å². The van der Waals surface area contributed by atoms with E-state index in [0.717, 1.165) is 52.0 Å². The number of rotatable bonds is 8. The number of imidazole rings is 1. The van der Waals surface area contributed by atoms with Crippen molar-refractivity contribution >= 4 is 11.1 Å². The summed E-state index contributed by atoms with van der Waals surface area (Å²) in [6.07, 6.45) is 11.7. The first-order chi connectivity index (χ1) is 17.2. The summed E-state index contributed by atoms with van der Waals surface area (Å²) < 4.78 is 9.03. The summed E-state index contributed by atoms with van der Waals surface area (Å²) in [7, 11) is 3.52. The number of hydrogen-bond donors (Lipinski definition) is 1. The molecule has 186 valence electrons. The van der Waals surface area contributed by atoms with Gasteiger partial charge in [-0.25, -0.2) is 9.50 Å². The Morgan fingerprint density at radius 2 is 2.00 bits per heavy atom. The highest BCUT2D eigenvalue weighted by Crippen LogP contribution is 2.37. The molecule has 7 nitrogen and oxygen atoms in total. The number of aryl methyl sites for hydroxylation is 1. The highest BCUT2D eigenvalue weighted by Gasteiger charge is 2.21. The molecule has 0 aliphatic rings. The number of benzene rings is 1.